The number of nitrogens with one attached hydrogen (secondary N) is 1. The predicted molar refractivity (Wildman–Crippen MR) is 120 cm³/mol. The number of ketones is 1. The first-order valence-corrected chi connectivity index (χ1v) is 11.1. The van der Waals surface area contributed by atoms with Gasteiger partial charge in [-0.05, 0) is 47.7 Å². The summed E-state index contributed by atoms with van der Waals surface area (Å²) in [6.45, 7) is 3.12. The van der Waals surface area contributed by atoms with Crippen LogP contribution in [0.15, 0.2) is 59.8 Å². The lowest BCUT2D eigenvalue weighted by molar-refractivity contribution is -0.190. The van der Waals surface area contributed by atoms with E-state index in [1.165, 1.54) is 6.07 Å². The van der Waals surface area contributed by atoms with Crippen LogP contribution in [0.1, 0.15) is 42.6 Å². The molecule has 184 valence electrons. The van der Waals surface area contributed by atoms with Crippen LogP contribution in [0.2, 0.25) is 5.02 Å². The summed E-state index contributed by atoms with van der Waals surface area (Å²) in [5.41, 5.74) is -5.07. The number of hydrogen-bond acceptors (Lipinski definition) is 3. The monoisotopic (exact) mass is 508 g/mol. The van der Waals surface area contributed by atoms with Gasteiger partial charge in [-0.2, -0.15) is 13.2 Å². The first-order valence-electron chi connectivity index (χ1n) is 10.7. The highest BCUT2D eigenvalue weighted by Crippen LogP contribution is 2.52. The number of rotatable bonds is 4. The highest BCUT2D eigenvalue weighted by molar-refractivity contribution is 6.31. The summed E-state index contributed by atoms with van der Waals surface area (Å²) in [5, 5.41) is 2.06. The molecular weight excluding hydrogens is 488 g/mol. The Morgan fingerprint density at radius 3 is 2.29 bits per heavy atom. The number of amides is 2. The minimum Gasteiger partial charge on any atom is -0.326 e. The van der Waals surface area contributed by atoms with E-state index < -0.39 is 46.1 Å². The molecule has 0 spiro atoms. The van der Waals surface area contributed by atoms with Crippen molar-refractivity contribution in [2.24, 2.45) is 5.41 Å². The van der Waals surface area contributed by atoms with E-state index in [9.17, 15) is 31.9 Å². The van der Waals surface area contributed by atoms with Gasteiger partial charge in [0.15, 0.2) is 5.78 Å². The van der Waals surface area contributed by atoms with Crippen molar-refractivity contribution >= 4 is 29.2 Å². The lowest BCUT2D eigenvalue weighted by atomic mass is 9.72. The molecule has 1 heterocycles. The van der Waals surface area contributed by atoms with Crippen LogP contribution < -0.4 is 5.32 Å². The molecule has 1 N–H and O–H groups in total. The molecule has 0 bridgehead atoms. The van der Waals surface area contributed by atoms with Gasteiger partial charge in [-0.15, -0.1) is 0 Å². The second-order valence-electron chi connectivity index (χ2n) is 9.45. The molecule has 2 amide bonds. The van der Waals surface area contributed by atoms with Crippen molar-refractivity contribution in [1.82, 2.24) is 10.2 Å². The Hall–Kier alpha value is -3.20. The van der Waals surface area contributed by atoms with Gasteiger partial charge in [0, 0.05) is 22.7 Å². The molecule has 4 rings (SSSR count). The van der Waals surface area contributed by atoms with E-state index in [1.54, 1.807) is 32.0 Å². The van der Waals surface area contributed by atoms with E-state index in [4.69, 9.17) is 11.6 Å². The van der Waals surface area contributed by atoms with Gasteiger partial charge in [-0.25, -0.2) is 4.39 Å². The van der Waals surface area contributed by atoms with Crippen molar-refractivity contribution in [2.75, 3.05) is 0 Å². The van der Waals surface area contributed by atoms with Crippen LogP contribution in [0, 0.1) is 11.2 Å². The van der Waals surface area contributed by atoms with Gasteiger partial charge < -0.3 is 10.2 Å². The minimum atomic E-state index is -5.34. The molecule has 2 aromatic carbocycles. The number of hydrogen-bond donors (Lipinski definition) is 1. The van der Waals surface area contributed by atoms with Crippen LogP contribution in [-0.4, -0.2) is 34.2 Å². The number of allylic oxidation sites excluding steroid dienone is 1. The van der Waals surface area contributed by atoms with Crippen molar-refractivity contribution in [1.29, 1.82) is 0 Å². The van der Waals surface area contributed by atoms with E-state index >= 15 is 0 Å². The molecule has 2 aliphatic rings. The van der Waals surface area contributed by atoms with E-state index in [0.717, 1.165) is 29.2 Å². The lowest BCUT2D eigenvalue weighted by Gasteiger charge is -2.35. The largest absolute Gasteiger partial charge is 0.425 e. The predicted octanol–water partition coefficient (Wildman–Crippen LogP) is 5.20. The second kappa shape index (κ2) is 8.48. The number of carbonyl (C=O) groups is 3. The number of nitrogens with zero attached hydrogens (tertiary/aromatic N) is 1. The fourth-order valence-electron chi connectivity index (χ4n) is 4.63. The van der Waals surface area contributed by atoms with Gasteiger partial charge in [-0.1, -0.05) is 43.6 Å². The first kappa shape index (κ1) is 24.9. The third kappa shape index (κ3) is 4.22. The summed E-state index contributed by atoms with van der Waals surface area (Å²) in [6, 6.07) is 10.2. The number of benzene rings is 2. The molecule has 0 saturated carbocycles. The Labute approximate surface area is 203 Å². The number of halogens is 5. The van der Waals surface area contributed by atoms with Crippen LogP contribution in [0.5, 0.6) is 0 Å². The van der Waals surface area contributed by atoms with Gasteiger partial charge in [-0.3, -0.25) is 14.4 Å². The number of Topliss-reactive ketones (excluding diaryl/α,β-unsaturated/α-hetero) is 1. The first-order chi connectivity index (χ1) is 16.3. The maximum atomic E-state index is 14.8. The zero-order chi connectivity index (χ0) is 25.8. The Bertz CT molecular complexity index is 1250. The third-order valence-electron chi connectivity index (χ3n) is 6.24. The Balaban J connectivity index is 1.88. The highest BCUT2D eigenvalue weighted by atomic mass is 35.5. The molecule has 35 heavy (non-hydrogen) atoms. The second-order valence-corrected chi connectivity index (χ2v) is 9.86. The molecule has 1 aliphatic carbocycles. The van der Waals surface area contributed by atoms with E-state index in [1.807, 2.05) is 5.32 Å². The minimum absolute atomic E-state index is 0.00845. The van der Waals surface area contributed by atoms with Gasteiger partial charge >= 0.3 is 6.18 Å². The number of alkyl halides is 3. The Morgan fingerprint density at radius 2 is 1.69 bits per heavy atom. The molecule has 1 atom stereocenters. The molecule has 5 nitrogen and oxygen atoms in total. The zero-order valence-corrected chi connectivity index (χ0v) is 19.6. The standard InChI is InChI=1S/C25H21ClF4N2O3/c1-23(2)11-18-20(19(33)12-23)24(25(28,29)30,31-21(34)14-7-9-16(27)10-8-14)22(35)32(18)13-15-5-3-4-6-17(15)26/h3-10H,11-13H2,1-2H3,(H,31,34). The van der Waals surface area contributed by atoms with Crippen LogP contribution in [0.4, 0.5) is 17.6 Å². The lowest BCUT2D eigenvalue weighted by Crippen LogP contribution is -2.66. The molecule has 0 aromatic heterocycles. The van der Waals surface area contributed by atoms with Crippen molar-refractivity contribution in [3.8, 4) is 0 Å². The maximum Gasteiger partial charge on any atom is 0.425 e. The van der Waals surface area contributed by atoms with Crippen LogP contribution in [0.3, 0.4) is 0 Å². The average molecular weight is 509 g/mol. The van der Waals surface area contributed by atoms with Gasteiger partial charge in [0.2, 0.25) is 5.54 Å². The fourth-order valence-corrected chi connectivity index (χ4v) is 4.83. The summed E-state index contributed by atoms with van der Waals surface area (Å²) in [4.78, 5) is 40.6. The molecule has 0 fully saturated rings. The van der Waals surface area contributed by atoms with Crippen LogP contribution in [-0.2, 0) is 16.1 Å². The normalized spacial score (nSPS) is 21.9. The van der Waals surface area contributed by atoms with Crippen LogP contribution >= 0.6 is 11.6 Å². The summed E-state index contributed by atoms with van der Waals surface area (Å²) in [5.74, 6) is -4.32. The van der Waals surface area contributed by atoms with Crippen molar-refractivity contribution in [3.05, 3.63) is 81.8 Å². The average Bonchev–Trinajstić information content (AvgIpc) is 2.98. The van der Waals surface area contributed by atoms with Gasteiger partial charge in [0.1, 0.15) is 5.82 Å². The Morgan fingerprint density at radius 1 is 1.06 bits per heavy atom. The summed E-state index contributed by atoms with van der Waals surface area (Å²) in [6.07, 6.45) is -5.56. The maximum absolute atomic E-state index is 14.8. The van der Waals surface area contributed by atoms with Crippen molar-refractivity contribution in [3.63, 3.8) is 0 Å². The van der Waals surface area contributed by atoms with Gasteiger partial charge in [0.25, 0.3) is 11.8 Å². The van der Waals surface area contributed by atoms with E-state index in [2.05, 4.69) is 0 Å². The SMILES string of the molecule is CC1(C)CC(=O)C2=C(C1)N(Cc1ccccc1Cl)C(=O)C2(NC(=O)c1ccc(F)cc1)C(F)(F)F. The molecule has 1 aliphatic heterocycles. The smallest absolute Gasteiger partial charge is 0.326 e. The van der Waals surface area contributed by atoms with Gasteiger partial charge in [0.05, 0.1) is 12.1 Å². The zero-order valence-electron chi connectivity index (χ0n) is 18.8. The molecule has 0 saturated heterocycles. The summed E-state index contributed by atoms with van der Waals surface area (Å²) < 4.78 is 57.7. The quantitative estimate of drug-likeness (QED) is 0.578. The topological polar surface area (TPSA) is 66.5 Å². The molecule has 0 radical (unpaired) electrons. The third-order valence-corrected chi connectivity index (χ3v) is 6.61. The fraction of sp³-hybridized carbons (Fsp3) is 0.320. The van der Waals surface area contributed by atoms with Crippen molar-refractivity contribution < 1.29 is 31.9 Å². The van der Waals surface area contributed by atoms with E-state index in [0.29, 0.717) is 5.56 Å². The summed E-state index contributed by atoms with van der Waals surface area (Å²) >= 11 is 6.20. The van der Waals surface area contributed by atoms with Crippen molar-refractivity contribution in [2.45, 2.75) is 44.9 Å². The number of carbonyl (C=O) groups excluding carboxylic acids is 3. The molecule has 10 heteroatoms. The van der Waals surface area contributed by atoms with Crippen LogP contribution in [0.25, 0.3) is 0 Å². The van der Waals surface area contributed by atoms with E-state index in [-0.39, 0.29) is 35.7 Å². The molecular formula is C25H21ClF4N2O3. The molecule has 2 aromatic rings. The summed E-state index contributed by atoms with van der Waals surface area (Å²) in [7, 11) is 0. The Kier molecular flexibility index (Phi) is 6.03. The highest BCUT2D eigenvalue weighted by Gasteiger charge is 2.71. The molecule has 1 unspecified atom stereocenters.